The monoisotopic (exact) mass is 270 g/mol. The van der Waals surface area contributed by atoms with Crippen LogP contribution in [0.25, 0.3) is 0 Å². The second-order valence-electron chi connectivity index (χ2n) is 4.29. The van der Waals surface area contributed by atoms with Gasteiger partial charge in [-0.05, 0) is 19.1 Å². The molecule has 2 aromatic rings. The summed E-state index contributed by atoms with van der Waals surface area (Å²) in [5, 5.41) is 10.2. The Morgan fingerprint density at radius 3 is 2.25 bits per heavy atom. The second kappa shape index (κ2) is 5.57. The van der Waals surface area contributed by atoms with E-state index in [1.807, 2.05) is 0 Å². The average Bonchev–Trinajstić information content (AvgIpc) is 2.46. The maximum absolute atomic E-state index is 12.5. The fourth-order valence-corrected chi connectivity index (χ4v) is 1.98. The summed E-state index contributed by atoms with van der Waals surface area (Å²) in [7, 11) is 1.41. The third kappa shape index (κ3) is 2.40. The van der Waals surface area contributed by atoms with Crippen molar-refractivity contribution in [2.45, 2.75) is 6.92 Å². The molecule has 1 N–H and O–H groups in total. The zero-order valence-corrected chi connectivity index (χ0v) is 11.2. The highest BCUT2D eigenvalue weighted by Crippen LogP contribution is 2.33. The molecule has 102 valence electrons. The Morgan fingerprint density at radius 2 is 1.70 bits per heavy atom. The predicted octanol–water partition coefficient (Wildman–Crippen LogP) is 2.83. The van der Waals surface area contributed by atoms with E-state index >= 15 is 0 Å². The van der Waals surface area contributed by atoms with Crippen molar-refractivity contribution in [2.75, 3.05) is 7.11 Å². The molecule has 0 spiro atoms. The quantitative estimate of drug-likeness (QED) is 0.868. The van der Waals surface area contributed by atoms with Crippen LogP contribution in [0, 0.1) is 0 Å². The first-order valence-corrected chi connectivity index (χ1v) is 6.07. The Kier molecular flexibility index (Phi) is 3.84. The zero-order chi connectivity index (χ0) is 14.7. The van der Waals surface area contributed by atoms with Gasteiger partial charge in [0.1, 0.15) is 17.1 Å². The normalized spacial score (nSPS) is 10.1. The van der Waals surface area contributed by atoms with Crippen LogP contribution in [0.4, 0.5) is 0 Å². The van der Waals surface area contributed by atoms with E-state index in [4.69, 9.17) is 4.74 Å². The van der Waals surface area contributed by atoms with E-state index in [0.717, 1.165) is 0 Å². The summed E-state index contributed by atoms with van der Waals surface area (Å²) in [6, 6.07) is 11.5. The molecule has 4 nitrogen and oxygen atoms in total. The maximum Gasteiger partial charge on any atom is 0.200 e. The predicted molar refractivity (Wildman–Crippen MR) is 74.5 cm³/mol. The summed E-state index contributed by atoms with van der Waals surface area (Å²) in [5.74, 6) is -0.803. The van der Waals surface area contributed by atoms with Crippen LogP contribution < -0.4 is 4.74 Å². The molecule has 2 aromatic carbocycles. The number of carbonyl (C=O) groups is 2. The molecule has 0 aliphatic heterocycles. The number of benzene rings is 2. The van der Waals surface area contributed by atoms with Gasteiger partial charge in [0.05, 0.1) is 12.7 Å². The summed E-state index contributed by atoms with van der Waals surface area (Å²) in [6.45, 7) is 1.33. The highest BCUT2D eigenvalue weighted by atomic mass is 16.5. The van der Waals surface area contributed by atoms with E-state index in [1.165, 1.54) is 26.2 Å². The number of carbonyl (C=O) groups excluding carboxylic acids is 2. The van der Waals surface area contributed by atoms with Crippen LogP contribution in [-0.4, -0.2) is 23.8 Å². The van der Waals surface area contributed by atoms with Gasteiger partial charge in [0.2, 0.25) is 5.78 Å². The minimum atomic E-state index is -0.386. The summed E-state index contributed by atoms with van der Waals surface area (Å²) in [6.07, 6.45) is 0. The number of aromatic hydroxyl groups is 1. The van der Waals surface area contributed by atoms with Gasteiger partial charge in [-0.2, -0.15) is 0 Å². The van der Waals surface area contributed by atoms with Gasteiger partial charge in [-0.3, -0.25) is 9.59 Å². The molecule has 4 heteroatoms. The number of Topliss-reactive ketones (excluding diaryl/α,β-unsaturated/α-hetero) is 1. The van der Waals surface area contributed by atoms with Crippen molar-refractivity contribution in [2.24, 2.45) is 0 Å². The summed E-state index contributed by atoms with van der Waals surface area (Å²) < 4.78 is 5.11. The van der Waals surface area contributed by atoms with Gasteiger partial charge >= 0.3 is 0 Å². The van der Waals surface area contributed by atoms with Crippen molar-refractivity contribution in [1.29, 1.82) is 0 Å². The molecule has 0 saturated heterocycles. The molecule has 0 aliphatic carbocycles. The van der Waals surface area contributed by atoms with Gasteiger partial charge < -0.3 is 9.84 Å². The molecular formula is C16H14O4. The number of ether oxygens (including phenoxy) is 1. The van der Waals surface area contributed by atoms with Gasteiger partial charge in [-0.1, -0.05) is 30.3 Å². The molecule has 0 amide bonds. The third-order valence-electron chi connectivity index (χ3n) is 3.00. The van der Waals surface area contributed by atoms with Gasteiger partial charge in [-0.25, -0.2) is 0 Å². The Labute approximate surface area is 116 Å². The lowest BCUT2D eigenvalue weighted by Crippen LogP contribution is -2.07. The minimum Gasteiger partial charge on any atom is -0.506 e. The highest BCUT2D eigenvalue weighted by molar-refractivity contribution is 6.14. The summed E-state index contributed by atoms with van der Waals surface area (Å²) >= 11 is 0. The van der Waals surface area contributed by atoms with Crippen LogP contribution in [0.15, 0.2) is 42.5 Å². The SMILES string of the molecule is COc1ccc(C(C)=O)c(O)c1C(=O)c1ccccc1. The summed E-state index contributed by atoms with van der Waals surface area (Å²) in [5.41, 5.74) is 0.526. The largest absolute Gasteiger partial charge is 0.506 e. The lowest BCUT2D eigenvalue weighted by atomic mass is 9.97. The van der Waals surface area contributed by atoms with Crippen LogP contribution in [0.2, 0.25) is 0 Å². The van der Waals surface area contributed by atoms with Crippen LogP contribution in [0.5, 0.6) is 11.5 Å². The molecule has 0 radical (unpaired) electrons. The average molecular weight is 270 g/mol. The van der Waals surface area contributed by atoms with Crippen molar-refractivity contribution in [3.05, 3.63) is 59.2 Å². The Balaban J connectivity index is 2.63. The number of ketones is 2. The first kappa shape index (κ1) is 13.8. The lowest BCUT2D eigenvalue weighted by Gasteiger charge is -2.12. The van der Waals surface area contributed by atoms with Crippen LogP contribution in [0.1, 0.15) is 33.2 Å². The Hall–Kier alpha value is -2.62. The minimum absolute atomic E-state index is 0.00593. The maximum atomic E-state index is 12.5. The van der Waals surface area contributed by atoms with E-state index in [-0.39, 0.29) is 34.2 Å². The highest BCUT2D eigenvalue weighted by Gasteiger charge is 2.22. The number of methoxy groups -OCH3 is 1. The van der Waals surface area contributed by atoms with Gasteiger partial charge in [-0.15, -0.1) is 0 Å². The fraction of sp³-hybridized carbons (Fsp3) is 0.125. The van der Waals surface area contributed by atoms with Crippen LogP contribution in [0.3, 0.4) is 0 Å². The second-order valence-corrected chi connectivity index (χ2v) is 4.29. The van der Waals surface area contributed by atoms with Crippen molar-refractivity contribution < 1.29 is 19.4 Å². The molecule has 0 bridgehead atoms. The van der Waals surface area contributed by atoms with Crippen molar-refractivity contribution in [3.8, 4) is 11.5 Å². The molecule has 0 aromatic heterocycles. The zero-order valence-electron chi connectivity index (χ0n) is 11.2. The summed E-state index contributed by atoms with van der Waals surface area (Å²) in [4.78, 5) is 23.9. The molecule has 2 rings (SSSR count). The van der Waals surface area contributed by atoms with Gasteiger partial charge in [0, 0.05) is 5.56 Å². The molecule has 0 saturated carbocycles. The van der Waals surface area contributed by atoms with Crippen LogP contribution >= 0.6 is 0 Å². The van der Waals surface area contributed by atoms with Crippen LogP contribution in [-0.2, 0) is 0 Å². The number of phenolic OH excluding ortho intramolecular Hbond substituents is 1. The molecule has 0 aliphatic rings. The van der Waals surface area contributed by atoms with E-state index in [9.17, 15) is 14.7 Å². The Morgan fingerprint density at radius 1 is 1.05 bits per heavy atom. The van der Waals surface area contributed by atoms with E-state index < -0.39 is 0 Å². The van der Waals surface area contributed by atoms with Gasteiger partial charge in [0.25, 0.3) is 0 Å². The lowest BCUT2D eigenvalue weighted by molar-refractivity contribution is 0.101. The number of hydrogen-bond donors (Lipinski definition) is 1. The Bertz CT molecular complexity index is 660. The number of rotatable bonds is 4. The smallest absolute Gasteiger partial charge is 0.200 e. The third-order valence-corrected chi connectivity index (χ3v) is 3.00. The molecule has 0 unspecified atom stereocenters. The van der Waals surface area contributed by atoms with Crippen molar-refractivity contribution in [1.82, 2.24) is 0 Å². The number of phenols is 1. The fourth-order valence-electron chi connectivity index (χ4n) is 1.98. The topological polar surface area (TPSA) is 63.6 Å². The van der Waals surface area contributed by atoms with E-state index in [2.05, 4.69) is 0 Å². The standard InChI is InChI=1S/C16H14O4/c1-10(17)12-8-9-13(20-2)14(16(12)19)15(18)11-6-4-3-5-7-11/h3-9,19H,1-2H3. The molecule has 0 atom stereocenters. The van der Waals surface area contributed by atoms with Crippen molar-refractivity contribution in [3.63, 3.8) is 0 Å². The molecule has 0 heterocycles. The van der Waals surface area contributed by atoms with E-state index in [1.54, 1.807) is 30.3 Å². The molecule has 0 fully saturated rings. The first-order chi connectivity index (χ1) is 9.56. The van der Waals surface area contributed by atoms with E-state index in [0.29, 0.717) is 5.56 Å². The van der Waals surface area contributed by atoms with Gasteiger partial charge in [0.15, 0.2) is 5.78 Å². The number of hydrogen-bond acceptors (Lipinski definition) is 4. The van der Waals surface area contributed by atoms with Crippen molar-refractivity contribution >= 4 is 11.6 Å². The first-order valence-electron chi connectivity index (χ1n) is 6.07. The molecule has 20 heavy (non-hydrogen) atoms. The molecular weight excluding hydrogens is 256 g/mol.